The Morgan fingerprint density at radius 2 is 1.93 bits per heavy atom. The molecule has 0 aliphatic rings. The van der Waals surface area contributed by atoms with Crippen LogP contribution in [0.5, 0.6) is 0 Å². The smallest absolute Gasteiger partial charge is 0.192 e. The van der Waals surface area contributed by atoms with Gasteiger partial charge in [-0.15, -0.1) is 0 Å². The summed E-state index contributed by atoms with van der Waals surface area (Å²) in [5.41, 5.74) is 1.49. The molecule has 0 bridgehead atoms. The molecule has 1 aromatic carbocycles. The van der Waals surface area contributed by atoms with E-state index in [9.17, 15) is 4.79 Å². The molecule has 0 amide bonds. The molecular formula is C14H16O. The fourth-order valence-electron chi connectivity index (χ4n) is 1.30. The Morgan fingerprint density at radius 3 is 2.47 bits per heavy atom. The number of carbonyl (C=O) groups excluding carboxylic acids is 1. The van der Waals surface area contributed by atoms with E-state index < -0.39 is 0 Å². The van der Waals surface area contributed by atoms with E-state index in [1.165, 1.54) is 0 Å². The van der Waals surface area contributed by atoms with Gasteiger partial charge in [0.25, 0.3) is 0 Å². The quantitative estimate of drug-likeness (QED) is 0.410. The van der Waals surface area contributed by atoms with Crippen LogP contribution in [-0.4, -0.2) is 5.78 Å². The number of hydrogen-bond acceptors (Lipinski definition) is 1. The lowest BCUT2D eigenvalue weighted by molar-refractivity contribution is 0.103. The summed E-state index contributed by atoms with van der Waals surface area (Å²) in [7, 11) is 0. The van der Waals surface area contributed by atoms with Gasteiger partial charge in [-0.2, -0.15) is 0 Å². The Labute approximate surface area is 91.1 Å². The van der Waals surface area contributed by atoms with Gasteiger partial charge in [-0.05, 0) is 13.3 Å². The van der Waals surface area contributed by atoms with Crippen molar-refractivity contribution < 1.29 is 4.79 Å². The van der Waals surface area contributed by atoms with Crippen LogP contribution in [0.2, 0.25) is 0 Å². The summed E-state index contributed by atoms with van der Waals surface area (Å²) in [6.45, 7) is 3.94. The third kappa shape index (κ3) is 3.21. The average molecular weight is 200 g/mol. The first-order valence-corrected chi connectivity index (χ1v) is 5.22. The highest BCUT2D eigenvalue weighted by molar-refractivity contribution is 6.10. The number of allylic oxidation sites excluding steroid dienone is 4. The van der Waals surface area contributed by atoms with Gasteiger partial charge < -0.3 is 0 Å². The third-order valence-electron chi connectivity index (χ3n) is 2.14. The van der Waals surface area contributed by atoms with E-state index in [-0.39, 0.29) is 5.78 Å². The Morgan fingerprint density at radius 1 is 1.27 bits per heavy atom. The van der Waals surface area contributed by atoms with Crippen LogP contribution in [0, 0.1) is 0 Å². The molecule has 78 valence electrons. The van der Waals surface area contributed by atoms with Crippen LogP contribution < -0.4 is 0 Å². The van der Waals surface area contributed by atoms with E-state index in [1.54, 1.807) is 0 Å². The minimum atomic E-state index is 0.0859. The van der Waals surface area contributed by atoms with Crippen molar-refractivity contribution in [3.8, 4) is 0 Å². The fraction of sp³-hybridized carbons (Fsp3) is 0.214. The van der Waals surface area contributed by atoms with Crippen molar-refractivity contribution in [3.63, 3.8) is 0 Å². The van der Waals surface area contributed by atoms with E-state index in [0.717, 1.165) is 17.6 Å². The first-order valence-electron chi connectivity index (χ1n) is 5.22. The van der Waals surface area contributed by atoms with Gasteiger partial charge in [-0.25, -0.2) is 0 Å². The van der Waals surface area contributed by atoms with Gasteiger partial charge in [-0.1, -0.05) is 55.5 Å². The lowest BCUT2D eigenvalue weighted by atomic mass is 10.0. The van der Waals surface area contributed by atoms with Crippen molar-refractivity contribution in [2.24, 2.45) is 0 Å². The van der Waals surface area contributed by atoms with Crippen LogP contribution in [0.15, 0.2) is 54.1 Å². The lowest BCUT2D eigenvalue weighted by Crippen LogP contribution is -2.00. The first kappa shape index (κ1) is 11.4. The number of rotatable bonds is 4. The molecule has 0 fully saturated rings. The second-order valence-corrected chi connectivity index (χ2v) is 3.25. The molecule has 1 aromatic rings. The predicted molar refractivity (Wildman–Crippen MR) is 64.0 cm³/mol. The molecule has 0 heterocycles. The van der Waals surface area contributed by atoms with Crippen molar-refractivity contribution >= 4 is 5.78 Å². The number of ketones is 1. The van der Waals surface area contributed by atoms with Gasteiger partial charge in [0.2, 0.25) is 0 Å². The molecule has 15 heavy (non-hydrogen) atoms. The maximum Gasteiger partial charge on any atom is 0.192 e. The van der Waals surface area contributed by atoms with E-state index in [2.05, 4.69) is 6.92 Å². The van der Waals surface area contributed by atoms with Crippen LogP contribution in [-0.2, 0) is 0 Å². The maximum absolute atomic E-state index is 12.0. The van der Waals surface area contributed by atoms with Crippen LogP contribution in [0.25, 0.3) is 0 Å². The third-order valence-corrected chi connectivity index (χ3v) is 2.14. The van der Waals surface area contributed by atoms with E-state index in [4.69, 9.17) is 0 Å². The number of Topliss-reactive ketones (excluding diaryl/α,β-unsaturated/α-hetero) is 1. The van der Waals surface area contributed by atoms with Gasteiger partial charge in [-0.3, -0.25) is 4.79 Å². The zero-order valence-corrected chi connectivity index (χ0v) is 9.23. The molecule has 0 spiro atoms. The summed E-state index contributed by atoms with van der Waals surface area (Å²) in [5.74, 6) is 0.0859. The topological polar surface area (TPSA) is 17.1 Å². The van der Waals surface area contributed by atoms with Crippen molar-refractivity contribution in [1.82, 2.24) is 0 Å². The minimum absolute atomic E-state index is 0.0859. The van der Waals surface area contributed by atoms with E-state index in [0.29, 0.717) is 0 Å². The highest BCUT2D eigenvalue weighted by Gasteiger charge is 2.07. The molecule has 0 aromatic heterocycles. The molecule has 0 aliphatic carbocycles. The number of hydrogen-bond donors (Lipinski definition) is 0. The van der Waals surface area contributed by atoms with E-state index >= 15 is 0 Å². The highest BCUT2D eigenvalue weighted by Crippen LogP contribution is 2.09. The van der Waals surface area contributed by atoms with Gasteiger partial charge in [0.05, 0.1) is 0 Å². The minimum Gasteiger partial charge on any atom is -0.289 e. The largest absolute Gasteiger partial charge is 0.289 e. The number of carbonyl (C=O) groups is 1. The Kier molecular flexibility index (Phi) is 4.55. The summed E-state index contributed by atoms with van der Waals surface area (Å²) < 4.78 is 0. The molecule has 0 saturated heterocycles. The SMILES string of the molecule is C/C=C(\C=C/CC)C(=O)c1ccccc1. The molecule has 0 saturated carbocycles. The zero-order chi connectivity index (χ0) is 11.1. The van der Waals surface area contributed by atoms with Crippen LogP contribution in [0.4, 0.5) is 0 Å². The van der Waals surface area contributed by atoms with Crippen LogP contribution in [0.1, 0.15) is 30.6 Å². The molecule has 0 aliphatic heterocycles. The summed E-state index contributed by atoms with van der Waals surface area (Å²) in [6.07, 6.45) is 6.67. The summed E-state index contributed by atoms with van der Waals surface area (Å²) >= 11 is 0. The molecule has 1 nitrogen and oxygen atoms in total. The van der Waals surface area contributed by atoms with Crippen molar-refractivity contribution in [2.45, 2.75) is 20.3 Å². The predicted octanol–water partition coefficient (Wildman–Crippen LogP) is 3.78. The molecule has 0 radical (unpaired) electrons. The average Bonchev–Trinajstić information content (AvgIpc) is 2.31. The van der Waals surface area contributed by atoms with Crippen LogP contribution in [0.3, 0.4) is 0 Å². The second kappa shape index (κ2) is 5.97. The molecule has 0 atom stereocenters. The molecule has 0 N–H and O–H groups in total. The summed E-state index contributed by atoms with van der Waals surface area (Å²) in [6, 6.07) is 9.35. The normalized spacial score (nSPS) is 12.0. The Hall–Kier alpha value is -1.63. The number of benzene rings is 1. The fourth-order valence-corrected chi connectivity index (χ4v) is 1.30. The van der Waals surface area contributed by atoms with E-state index in [1.807, 2.05) is 55.5 Å². The Balaban J connectivity index is 2.89. The molecule has 1 heteroatoms. The van der Waals surface area contributed by atoms with Crippen molar-refractivity contribution in [2.75, 3.05) is 0 Å². The molecule has 1 rings (SSSR count). The molecule has 0 unspecified atom stereocenters. The monoisotopic (exact) mass is 200 g/mol. The molecular weight excluding hydrogens is 184 g/mol. The van der Waals surface area contributed by atoms with Crippen LogP contribution >= 0.6 is 0 Å². The first-order chi connectivity index (χ1) is 7.29. The maximum atomic E-state index is 12.0. The standard InChI is InChI=1S/C14H16O/c1-3-5-9-12(4-2)14(15)13-10-7-6-8-11-13/h4-11H,3H2,1-2H3/b9-5-,12-4+. The van der Waals surface area contributed by atoms with Gasteiger partial charge in [0.1, 0.15) is 0 Å². The summed E-state index contributed by atoms with van der Waals surface area (Å²) in [4.78, 5) is 12.0. The van der Waals surface area contributed by atoms with Crippen molar-refractivity contribution in [3.05, 3.63) is 59.7 Å². The Bertz CT molecular complexity index is 372. The zero-order valence-electron chi connectivity index (χ0n) is 9.23. The van der Waals surface area contributed by atoms with Gasteiger partial charge >= 0.3 is 0 Å². The van der Waals surface area contributed by atoms with Gasteiger partial charge in [0, 0.05) is 11.1 Å². The van der Waals surface area contributed by atoms with Gasteiger partial charge in [0.15, 0.2) is 5.78 Å². The lowest BCUT2D eigenvalue weighted by Gasteiger charge is -2.00. The summed E-state index contributed by atoms with van der Waals surface area (Å²) in [5, 5.41) is 0. The highest BCUT2D eigenvalue weighted by atomic mass is 16.1. The van der Waals surface area contributed by atoms with Crippen molar-refractivity contribution in [1.29, 1.82) is 0 Å². The second-order valence-electron chi connectivity index (χ2n) is 3.25.